The van der Waals surface area contributed by atoms with E-state index in [2.05, 4.69) is 34.8 Å². The van der Waals surface area contributed by atoms with E-state index in [-0.39, 0.29) is 5.91 Å². The molecule has 1 aromatic carbocycles. The Morgan fingerprint density at radius 3 is 2.39 bits per heavy atom. The highest BCUT2D eigenvalue weighted by Crippen LogP contribution is 2.14. The monoisotopic (exact) mass is 338 g/mol. The molecule has 0 fully saturated rings. The molecule has 0 bridgehead atoms. The number of guanidine groups is 1. The van der Waals surface area contributed by atoms with Gasteiger partial charge in [0.25, 0.3) is 5.91 Å². The van der Waals surface area contributed by atoms with E-state index < -0.39 is 0 Å². The van der Waals surface area contributed by atoms with Gasteiger partial charge < -0.3 is 16.0 Å². The summed E-state index contributed by atoms with van der Waals surface area (Å²) >= 11 is 6.00. The van der Waals surface area contributed by atoms with E-state index in [0.717, 1.165) is 25.3 Å². The molecule has 0 saturated carbocycles. The third-order valence-electron chi connectivity index (χ3n) is 3.76. The third-order valence-corrected chi connectivity index (χ3v) is 4.09. The minimum absolute atomic E-state index is 0.169. The Hall–Kier alpha value is -1.75. The Kier molecular flexibility index (Phi) is 9.14. The van der Waals surface area contributed by atoms with Gasteiger partial charge in [0.15, 0.2) is 5.96 Å². The lowest BCUT2D eigenvalue weighted by molar-refractivity contribution is 0.0954. The number of carbonyl (C=O) groups is 1. The topological polar surface area (TPSA) is 65.5 Å². The first-order valence-corrected chi connectivity index (χ1v) is 8.47. The highest BCUT2D eigenvalue weighted by Gasteiger charge is 2.08. The van der Waals surface area contributed by atoms with E-state index >= 15 is 0 Å². The van der Waals surface area contributed by atoms with Gasteiger partial charge in [0.1, 0.15) is 0 Å². The fourth-order valence-electron chi connectivity index (χ4n) is 2.14. The second-order valence-electron chi connectivity index (χ2n) is 5.30. The van der Waals surface area contributed by atoms with Gasteiger partial charge in [0.2, 0.25) is 0 Å². The molecule has 5 nitrogen and oxygen atoms in total. The molecule has 0 aliphatic rings. The summed E-state index contributed by atoms with van der Waals surface area (Å²) in [6, 6.07) is 7.01. The summed E-state index contributed by atoms with van der Waals surface area (Å²) in [5.41, 5.74) is 0.491. The van der Waals surface area contributed by atoms with Crippen LogP contribution in [0.5, 0.6) is 0 Å². The van der Waals surface area contributed by atoms with Crippen LogP contribution >= 0.6 is 11.6 Å². The summed E-state index contributed by atoms with van der Waals surface area (Å²) in [5.74, 6) is 1.23. The van der Waals surface area contributed by atoms with E-state index in [1.54, 1.807) is 31.3 Å². The molecule has 0 aromatic heterocycles. The fourth-order valence-corrected chi connectivity index (χ4v) is 2.36. The fraction of sp³-hybridized carbons (Fsp3) is 0.529. The number of carbonyl (C=O) groups excluding carboxylic acids is 1. The molecule has 3 N–H and O–H groups in total. The molecule has 0 unspecified atom stereocenters. The quantitative estimate of drug-likeness (QED) is 0.388. The van der Waals surface area contributed by atoms with Crippen molar-refractivity contribution in [3.05, 3.63) is 34.9 Å². The molecule has 0 heterocycles. The first-order valence-electron chi connectivity index (χ1n) is 8.09. The van der Waals surface area contributed by atoms with Crippen molar-refractivity contribution in [2.45, 2.75) is 26.7 Å². The number of hydrogen-bond donors (Lipinski definition) is 3. The van der Waals surface area contributed by atoms with Gasteiger partial charge >= 0.3 is 0 Å². The van der Waals surface area contributed by atoms with E-state index in [0.29, 0.717) is 29.6 Å². The molecule has 0 radical (unpaired) electrons. The summed E-state index contributed by atoms with van der Waals surface area (Å²) in [5, 5.41) is 9.79. The maximum Gasteiger partial charge on any atom is 0.252 e. The number of hydrogen-bond acceptors (Lipinski definition) is 2. The second kappa shape index (κ2) is 10.9. The Bertz CT molecular complexity index is 515. The van der Waals surface area contributed by atoms with Gasteiger partial charge in [-0.2, -0.15) is 0 Å². The van der Waals surface area contributed by atoms with Gasteiger partial charge in [-0.3, -0.25) is 9.79 Å². The molecule has 6 heteroatoms. The summed E-state index contributed by atoms with van der Waals surface area (Å²) in [4.78, 5) is 16.2. The van der Waals surface area contributed by atoms with Crippen molar-refractivity contribution in [2.75, 3.05) is 26.7 Å². The molecule has 0 saturated heterocycles. The maximum absolute atomic E-state index is 12.0. The van der Waals surface area contributed by atoms with Crippen LogP contribution in [-0.4, -0.2) is 38.5 Å². The van der Waals surface area contributed by atoms with Gasteiger partial charge in [0, 0.05) is 26.7 Å². The lowest BCUT2D eigenvalue weighted by Crippen LogP contribution is -2.43. The van der Waals surface area contributed by atoms with Crippen molar-refractivity contribution in [3.63, 3.8) is 0 Å². The van der Waals surface area contributed by atoms with Crippen LogP contribution in [0.1, 0.15) is 37.0 Å². The number of benzene rings is 1. The second-order valence-corrected chi connectivity index (χ2v) is 5.71. The predicted molar refractivity (Wildman–Crippen MR) is 97.2 cm³/mol. The predicted octanol–water partition coefficient (Wildman–Crippen LogP) is 2.67. The maximum atomic E-state index is 12.0. The summed E-state index contributed by atoms with van der Waals surface area (Å²) in [7, 11) is 1.74. The standard InChI is InChI=1S/C17H27ClN4O/c1-4-13(5-2)12-22-17(19-3)21-11-10-20-16(23)14-8-6-7-9-15(14)18/h6-9,13H,4-5,10-12H2,1-3H3,(H,20,23)(H2,19,21,22). The smallest absolute Gasteiger partial charge is 0.252 e. The lowest BCUT2D eigenvalue weighted by atomic mass is 10.0. The Labute approximate surface area is 143 Å². The zero-order valence-electron chi connectivity index (χ0n) is 14.2. The normalized spacial score (nSPS) is 11.4. The minimum Gasteiger partial charge on any atom is -0.356 e. The van der Waals surface area contributed by atoms with Crippen LogP contribution in [-0.2, 0) is 0 Å². The van der Waals surface area contributed by atoms with Gasteiger partial charge in [-0.05, 0) is 18.1 Å². The van der Waals surface area contributed by atoms with E-state index in [1.165, 1.54) is 0 Å². The van der Waals surface area contributed by atoms with Crippen LogP contribution in [0.25, 0.3) is 0 Å². The minimum atomic E-state index is -0.169. The van der Waals surface area contributed by atoms with Crippen molar-refractivity contribution in [1.82, 2.24) is 16.0 Å². The third kappa shape index (κ3) is 6.91. The molecule has 0 atom stereocenters. The van der Waals surface area contributed by atoms with Crippen molar-refractivity contribution in [2.24, 2.45) is 10.9 Å². The average molecular weight is 339 g/mol. The molecular formula is C17H27ClN4O. The average Bonchev–Trinajstić information content (AvgIpc) is 2.57. The van der Waals surface area contributed by atoms with Crippen LogP contribution in [0, 0.1) is 5.92 Å². The summed E-state index contributed by atoms with van der Waals surface area (Å²) < 4.78 is 0. The molecule has 0 aliphatic heterocycles. The zero-order chi connectivity index (χ0) is 17.1. The molecular weight excluding hydrogens is 312 g/mol. The van der Waals surface area contributed by atoms with Crippen molar-refractivity contribution in [3.8, 4) is 0 Å². The number of nitrogens with zero attached hydrogens (tertiary/aromatic N) is 1. The number of halogens is 1. The van der Waals surface area contributed by atoms with E-state index in [1.807, 2.05) is 0 Å². The first kappa shape index (κ1) is 19.3. The lowest BCUT2D eigenvalue weighted by Gasteiger charge is -2.16. The number of aliphatic imine (C=N–C) groups is 1. The van der Waals surface area contributed by atoms with Gasteiger partial charge in [-0.1, -0.05) is 50.4 Å². The Morgan fingerprint density at radius 1 is 1.13 bits per heavy atom. The summed E-state index contributed by atoms with van der Waals surface area (Å²) in [6.07, 6.45) is 2.29. The largest absolute Gasteiger partial charge is 0.356 e. The number of nitrogens with one attached hydrogen (secondary N) is 3. The Balaban J connectivity index is 2.30. The first-order chi connectivity index (χ1) is 11.1. The molecule has 1 aromatic rings. The summed E-state index contributed by atoms with van der Waals surface area (Å²) in [6.45, 7) is 6.37. The van der Waals surface area contributed by atoms with Crippen LogP contribution in [0.3, 0.4) is 0 Å². The van der Waals surface area contributed by atoms with Crippen molar-refractivity contribution >= 4 is 23.5 Å². The van der Waals surface area contributed by atoms with Crippen LogP contribution in [0.4, 0.5) is 0 Å². The highest BCUT2D eigenvalue weighted by molar-refractivity contribution is 6.33. The van der Waals surface area contributed by atoms with Crippen LogP contribution < -0.4 is 16.0 Å². The molecule has 1 rings (SSSR count). The van der Waals surface area contributed by atoms with E-state index in [9.17, 15) is 4.79 Å². The van der Waals surface area contributed by atoms with E-state index in [4.69, 9.17) is 11.6 Å². The number of amides is 1. The molecule has 0 spiro atoms. The van der Waals surface area contributed by atoms with Gasteiger partial charge in [0.05, 0.1) is 10.6 Å². The van der Waals surface area contributed by atoms with Crippen LogP contribution in [0.15, 0.2) is 29.3 Å². The van der Waals surface area contributed by atoms with Crippen LogP contribution in [0.2, 0.25) is 5.02 Å². The SMILES string of the molecule is CCC(CC)CNC(=NC)NCCNC(=O)c1ccccc1Cl. The molecule has 128 valence electrons. The number of rotatable bonds is 8. The molecule has 23 heavy (non-hydrogen) atoms. The van der Waals surface area contributed by atoms with Gasteiger partial charge in [-0.25, -0.2) is 0 Å². The van der Waals surface area contributed by atoms with Crippen molar-refractivity contribution < 1.29 is 4.79 Å². The Morgan fingerprint density at radius 2 is 1.78 bits per heavy atom. The van der Waals surface area contributed by atoms with Gasteiger partial charge in [-0.15, -0.1) is 0 Å². The highest BCUT2D eigenvalue weighted by atomic mass is 35.5. The van der Waals surface area contributed by atoms with Crippen molar-refractivity contribution in [1.29, 1.82) is 0 Å². The molecule has 0 aliphatic carbocycles. The zero-order valence-corrected chi connectivity index (χ0v) is 14.9. The molecule has 1 amide bonds.